The van der Waals surface area contributed by atoms with Crippen molar-refractivity contribution in [1.82, 2.24) is 10.2 Å². The summed E-state index contributed by atoms with van der Waals surface area (Å²) in [6.07, 6.45) is 1.59. The molecular formula is C23H29N3O3. The van der Waals surface area contributed by atoms with E-state index in [0.29, 0.717) is 13.1 Å². The minimum Gasteiger partial charge on any atom is -0.496 e. The molecule has 2 N–H and O–H groups in total. The normalized spacial score (nSPS) is 17.3. The van der Waals surface area contributed by atoms with Gasteiger partial charge in [0.15, 0.2) is 0 Å². The summed E-state index contributed by atoms with van der Waals surface area (Å²) in [5.74, 6) is 0.503. The van der Waals surface area contributed by atoms with Crippen LogP contribution in [0, 0.1) is 12.8 Å². The fraction of sp³-hybridized carbons (Fsp3) is 0.391. The Balaban J connectivity index is 1.61. The highest BCUT2D eigenvalue weighted by atomic mass is 16.5. The molecule has 0 aromatic heterocycles. The number of nitrogens with zero attached hydrogens (tertiary/aromatic N) is 1. The Morgan fingerprint density at radius 3 is 2.66 bits per heavy atom. The first-order valence-electron chi connectivity index (χ1n) is 10.0. The van der Waals surface area contributed by atoms with Crippen LogP contribution in [0.2, 0.25) is 0 Å². The van der Waals surface area contributed by atoms with Gasteiger partial charge in [-0.1, -0.05) is 35.9 Å². The number of hydrogen-bond donors (Lipinski definition) is 2. The van der Waals surface area contributed by atoms with Gasteiger partial charge < -0.3 is 20.3 Å². The van der Waals surface area contributed by atoms with Crippen LogP contribution in [-0.2, 0) is 4.79 Å². The third-order valence-corrected chi connectivity index (χ3v) is 5.31. The predicted molar refractivity (Wildman–Crippen MR) is 114 cm³/mol. The lowest BCUT2D eigenvalue weighted by molar-refractivity contribution is -0.121. The smallest absolute Gasteiger partial charge is 0.317 e. The number of carbonyl (C=O) groups excluding carboxylic acids is 2. The maximum absolute atomic E-state index is 12.8. The quantitative estimate of drug-likeness (QED) is 0.800. The van der Waals surface area contributed by atoms with Crippen LogP contribution in [-0.4, -0.2) is 37.0 Å². The van der Waals surface area contributed by atoms with Gasteiger partial charge in [-0.15, -0.1) is 0 Å². The summed E-state index contributed by atoms with van der Waals surface area (Å²) in [5, 5.41) is 6.00. The van der Waals surface area contributed by atoms with Crippen LogP contribution >= 0.6 is 0 Å². The molecule has 3 amide bonds. The van der Waals surface area contributed by atoms with Crippen molar-refractivity contribution >= 4 is 17.6 Å². The number of ether oxygens (including phenoxy) is 1. The van der Waals surface area contributed by atoms with Gasteiger partial charge in [-0.3, -0.25) is 4.79 Å². The van der Waals surface area contributed by atoms with E-state index in [4.69, 9.17) is 4.74 Å². The lowest BCUT2D eigenvalue weighted by Crippen LogP contribution is -2.48. The number of carbonyl (C=O) groups is 2. The number of para-hydroxylation sites is 1. The molecule has 1 aliphatic rings. The van der Waals surface area contributed by atoms with E-state index in [1.807, 2.05) is 62.4 Å². The minimum atomic E-state index is -0.210. The van der Waals surface area contributed by atoms with E-state index in [1.54, 1.807) is 12.0 Å². The van der Waals surface area contributed by atoms with Gasteiger partial charge >= 0.3 is 6.03 Å². The van der Waals surface area contributed by atoms with E-state index in [0.717, 1.165) is 35.4 Å². The largest absolute Gasteiger partial charge is 0.496 e. The summed E-state index contributed by atoms with van der Waals surface area (Å²) < 4.78 is 5.44. The molecular weight excluding hydrogens is 366 g/mol. The van der Waals surface area contributed by atoms with E-state index in [1.165, 1.54) is 0 Å². The molecule has 2 aromatic rings. The lowest BCUT2D eigenvalue weighted by atomic mass is 9.97. The van der Waals surface area contributed by atoms with Crippen molar-refractivity contribution in [2.75, 3.05) is 25.5 Å². The van der Waals surface area contributed by atoms with Gasteiger partial charge in [0.25, 0.3) is 0 Å². The third-order valence-electron chi connectivity index (χ3n) is 5.31. The van der Waals surface area contributed by atoms with Crippen LogP contribution in [0.25, 0.3) is 0 Å². The number of amides is 3. The van der Waals surface area contributed by atoms with Crippen LogP contribution in [0.15, 0.2) is 48.5 Å². The van der Waals surface area contributed by atoms with Crippen molar-refractivity contribution in [1.29, 1.82) is 0 Å². The summed E-state index contributed by atoms with van der Waals surface area (Å²) in [5.41, 5.74) is 2.83. The van der Waals surface area contributed by atoms with E-state index >= 15 is 0 Å². The van der Waals surface area contributed by atoms with Gasteiger partial charge in [-0.05, 0) is 44.9 Å². The Labute approximate surface area is 172 Å². The van der Waals surface area contributed by atoms with Gasteiger partial charge in [0.1, 0.15) is 5.75 Å². The number of nitrogens with one attached hydrogen (secondary N) is 2. The first-order valence-corrected chi connectivity index (χ1v) is 10.0. The average molecular weight is 396 g/mol. The standard InChI is InChI=1S/C23H29N3O3/c1-16-11-12-21(29-3)20(14-16)17(2)24-23(28)26-13-7-8-18(15-26)22(27)25-19-9-5-4-6-10-19/h4-6,9-12,14,17-18H,7-8,13,15H2,1-3H3,(H,24,28)(H,25,27). The molecule has 1 heterocycles. The summed E-state index contributed by atoms with van der Waals surface area (Å²) >= 11 is 0. The van der Waals surface area contributed by atoms with Crippen LogP contribution < -0.4 is 15.4 Å². The zero-order chi connectivity index (χ0) is 20.8. The molecule has 154 valence electrons. The summed E-state index contributed by atoms with van der Waals surface area (Å²) in [4.78, 5) is 27.2. The Hall–Kier alpha value is -3.02. The number of urea groups is 1. The molecule has 1 saturated heterocycles. The van der Waals surface area contributed by atoms with Crippen molar-refractivity contribution < 1.29 is 14.3 Å². The molecule has 2 unspecified atom stereocenters. The first-order chi connectivity index (χ1) is 14.0. The summed E-state index contributed by atoms with van der Waals surface area (Å²) in [6.45, 7) is 5.03. The number of methoxy groups -OCH3 is 1. The zero-order valence-corrected chi connectivity index (χ0v) is 17.3. The second-order valence-electron chi connectivity index (χ2n) is 7.56. The highest BCUT2D eigenvalue weighted by molar-refractivity contribution is 5.93. The monoisotopic (exact) mass is 395 g/mol. The number of likely N-dealkylation sites (tertiary alicyclic amines) is 1. The molecule has 6 heteroatoms. The van der Waals surface area contributed by atoms with Gasteiger partial charge in [0, 0.05) is 24.3 Å². The molecule has 29 heavy (non-hydrogen) atoms. The van der Waals surface area contributed by atoms with Gasteiger partial charge in [-0.25, -0.2) is 4.79 Å². The van der Waals surface area contributed by atoms with E-state index < -0.39 is 0 Å². The maximum atomic E-state index is 12.8. The van der Waals surface area contributed by atoms with Gasteiger partial charge in [0.2, 0.25) is 5.91 Å². The Bertz CT molecular complexity index is 854. The fourth-order valence-corrected chi connectivity index (χ4v) is 3.69. The molecule has 0 bridgehead atoms. The van der Waals surface area contributed by atoms with Crippen molar-refractivity contribution in [3.05, 3.63) is 59.7 Å². The summed E-state index contributed by atoms with van der Waals surface area (Å²) in [7, 11) is 1.63. The minimum absolute atomic E-state index is 0.0397. The maximum Gasteiger partial charge on any atom is 0.317 e. The summed E-state index contributed by atoms with van der Waals surface area (Å²) in [6, 6.07) is 15.0. The highest BCUT2D eigenvalue weighted by Crippen LogP contribution is 2.27. The number of hydrogen-bond acceptors (Lipinski definition) is 3. The first kappa shape index (κ1) is 20.7. The Kier molecular flexibility index (Phi) is 6.75. The number of piperidine rings is 1. The third kappa shape index (κ3) is 5.28. The highest BCUT2D eigenvalue weighted by Gasteiger charge is 2.29. The molecule has 6 nitrogen and oxygen atoms in total. The van der Waals surface area contributed by atoms with E-state index in [-0.39, 0.29) is 23.9 Å². The van der Waals surface area contributed by atoms with Crippen molar-refractivity contribution in [2.24, 2.45) is 5.92 Å². The molecule has 1 aliphatic heterocycles. The van der Waals surface area contributed by atoms with Gasteiger partial charge in [0.05, 0.1) is 19.1 Å². The second kappa shape index (κ2) is 9.45. The number of benzene rings is 2. The molecule has 2 aromatic carbocycles. The lowest BCUT2D eigenvalue weighted by Gasteiger charge is -2.33. The second-order valence-corrected chi connectivity index (χ2v) is 7.56. The van der Waals surface area contributed by atoms with Gasteiger partial charge in [-0.2, -0.15) is 0 Å². The molecule has 1 fully saturated rings. The van der Waals surface area contributed by atoms with Crippen LogP contribution in [0.4, 0.5) is 10.5 Å². The SMILES string of the molecule is COc1ccc(C)cc1C(C)NC(=O)N1CCCC(C(=O)Nc2ccccc2)C1. The number of anilines is 1. The van der Waals surface area contributed by atoms with Crippen LogP contribution in [0.1, 0.15) is 36.9 Å². The average Bonchev–Trinajstić information content (AvgIpc) is 2.74. The molecule has 0 radical (unpaired) electrons. The molecule has 2 atom stereocenters. The topological polar surface area (TPSA) is 70.7 Å². The number of rotatable bonds is 5. The molecule has 3 rings (SSSR count). The predicted octanol–water partition coefficient (Wildman–Crippen LogP) is 4.12. The van der Waals surface area contributed by atoms with Crippen molar-refractivity contribution in [2.45, 2.75) is 32.7 Å². The Morgan fingerprint density at radius 2 is 1.93 bits per heavy atom. The van der Waals surface area contributed by atoms with Crippen LogP contribution in [0.3, 0.4) is 0 Å². The van der Waals surface area contributed by atoms with E-state index in [9.17, 15) is 9.59 Å². The zero-order valence-electron chi connectivity index (χ0n) is 17.3. The molecule has 0 aliphatic carbocycles. The van der Waals surface area contributed by atoms with Crippen molar-refractivity contribution in [3.63, 3.8) is 0 Å². The number of aryl methyl sites for hydroxylation is 1. The fourth-order valence-electron chi connectivity index (χ4n) is 3.69. The van der Waals surface area contributed by atoms with Crippen LogP contribution in [0.5, 0.6) is 5.75 Å². The Morgan fingerprint density at radius 1 is 1.17 bits per heavy atom. The molecule has 0 saturated carbocycles. The van der Waals surface area contributed by atoms with Crippen molar-refractivity contribution in [3.8, 4) is 5.75 Å². The molecule has 0 spiro atoms. The van der Waals surface area contributed by atoms with E-state index in [2.05, 4.69) is 10.6 Å².